The first-order valence-corrected chi connectivity index (χ1v) is 8.37. The van der Waals surface area contributed by atoms with Gasteiger partial charge in [0.2, 0.25) is 10.0 Å². The second-order valence-electron chi connectivity index (χ2n) is 5.28. The second-order valence-corrected chi connectivity index (χ2v) is 7.12. The van der Waals surface area contributed by atoms with Crippen LogP contribution in [0, 0.1) is 5.82 Å². The summed E-state index contributed by atoms with van der Waals surface area (Å²) >= 11 is 0. The molecule has 1 fully saturated rings. The van der Waals surface area contributed by atoms with Gasteiger partial charge in [-0.1, -0.05) is 6.92 Å². The molecule has 0 aliphatic carbocycles. The average molecular weight is 300 g/mol. The number of benzene rings is 1. The van der Waals surface area contributed by atoms with Crippen molar-refractivity contribution >= 4 is 10.0 Å². The molecule has 0 bridgehead atoms. The molecule has 20 heavy (non-hydrogen) atoms. The normalized spacial score (nSPS) is 24.2. The molecular formula is C14H21FN2O2S. The number of sulfonamides is 1. The third-order valence-corrected chi connectivity index (χ3v) is 6.06. The minimum atomic E-state index is -3.59. The molecule has 0 aromatic heterocycles. The smallest absolute Gasteiger partial charge is 0.243 e. The van der Waals surface area contributed by atoms with Crippen LogP contribution in [-0.4, -0.2) is 24.8 Å². The van der Waals surface area contributed by atoms with Crippen molar-refractivity contribution in [2.75, 3.05) is 0 Å². The van der Waals surface area contributed by atoms with E-state index in [-0.39, 0.29) is 29.1 Å². The molecule has 2 N–H and O–H groups in total. The minimum Gasteiger partial charge on any atom is -0.326 e. The van der Waals surface area contributed by atoms with Crippen LogP contribution in [-0.2, 0) is 16.6 Å². The van der Waals surface area contributed by atoms with E-state index in [0.717, 1.165) is 19.3 Å². The first-order chi connectivity index (χ1) is 9.41. The van der Waals surface area contributed by atoms with Gasteiger partial charge in [0, 0.05) is 24.2 Å². The zero-order valence-electron chi connectivity index (χ0n) is 11.8. The second kappa shape index (κ2) is 5.79. The lowest BCUT2D eigenvalue weighted by molar-refractivity contribution is 0.328. The van der Waals surface area contributed by atoms with E-state index < -0.39 is 15.8 Å². The van der Waals surface area contributed by atoms with E-state index in [9.17, 15) is 12.8 Å². The zero-order valence-corrected chi connectivity index (χ0v) is 12.7. The fraction of sp³-hybridized carbons (Fsp3) is 0.571. The lowest BCUT2D eigenvalue weighted by Crippen LogP contribution is -2.39. The highest BCUT2D eigenvalue weighted by Crippen LogP contribution is 2.32. The van der Waals surface area contributed by atoms with Crippen molar-refractivity contribution < 1.29 is 12.8 Å². The van der Waals surface area contributed by atoms with Crippen LogP contribution in [0.15, 0.2) is 23.1 Å². The summed E-state index contributed by atoms with van der Waals surface area (Å²) in [6.07, 6.45) is 2.53. The highest BCUT2D eigenvalue weighted by molar-refractivity contribution is 7.89. The maximum absolute atomic E-state index is 13.5. The maximum Gasteiger partial charge on any atom is 0.243 e. The van der Waals surface area contributed by atoms with Gasteiger partial charge in [0.15, 0.2) is 0 Å². The molecule has 0 radical (unpaired) electrons. The fourth-order valence-electron chi connectivity index (χ4n) is 2.85. The molecule has 2 rings (SSSR count). The highest BCUT2D eigenvalue weighted by atomic mass is 32.2. The highest BCUT2D eigenvalue weighted by Gasteiger charge is 2.39. The largest absolute Gasteiger partial charge is 0.326 e. The van der Waals surface area contributed by atoms with Gasteiger partial charge in [0.25, 0.3) is 0 Å². The Bertz CT molecular complexity index is 589. The standard InChI is InChI=1S/C14H21FN2O2S/c1-3-12-5-4-10(2)17(12)20(18,19)13-6-7-14(15)11(8-13)9-16/h6-8,10,12H,3-5,9,16H2,1-2H3. The molecule has 4 nitrogen and oxygen atoms in total. The van der Waals surface area contributed by atoms with Crippen LogP contribution in [0.25, 0.3) is 0 Å². The lowest BCUT2D eigenvalue weighted by atomic mass is 10.2. The van der Waals surface area contributed by atoms with Crippen LogP contribution in [0.4, 0.5) is 4.39 Å². The number of rotatable bonds is 4. The third-order valence-electron chi connectivity index (χ3n) is 4.00. The number of nitrogens with two attached hydrogens (primary N) is 1. The van der Waals surface area contributed by atoms with E-state index in [1.54, 1.807) is 4.31 Å². The van der Waals surface area contributed by atoms with Crippen molar-refractivity contribution in [3.63, 3.8) is 0 Å². The van der Waals surface area contributed by atoms with Gasteiger partial charge < -0.3 is 5.73 Å². The summed E-state index contributed by atoms with van der Waals surface area (Å²) in [5.74, 6) is -0.465. The van der Waals surface area contributed by atoms with Gasteiger partial charge in [0.05, 0.1) is 4.90 Å². The Morgan fingerprint density at radius 2 is 2.10 bits per heavy atom. The molecule has 1 aliphatic heterocycles. The van der Waals surface area contributed by atoms with Gasteiger partial charge in [-0.3, -0.25) is 0 Å². The summed E-state index contributed by atoms with van der Waals surface area (Å²) in [5, 5.41) is 0. The summed E-state index contributed by atoms with van der Waals surface area (Å²) in [5.41, 5.74) is 5.68. The van der Waals surface area contributed by atoms with Crippen molar-refractivity contribution in [3.8, 4) is 0 Å². The van der Waals surface area contributed by atoms with Crippen LogP contribution in [0.1, 0.15) is 38.7 Å². The molecule has 1 heterocycles. The SMILES string of the molecule is CCC1CCC(C)N1S(=O)(=O)c1ccc(F)c(CN)c1. The molecule has 0 saturated carbocycles. The maximum atomic E-state index is 13.5. The molecule has 6 heteroatoms. The molecule has 0 spiro atoms. The Labute approximate surface area is 119 Å². The summed E-state index contributed by atoms with van der Waals surface area (Å²) in [7, 11) is -3.59. The van der Waals surface area contributed by atoms with Crippen molar-refractivity contribution in [1.29, 1.82) is 0 Å². The molecular weight excluding hydrogens is 279 g/mol. The number of hydrogen-bond acceptors (Lipinski definition) is 3. The summed E-state index contributed by atoms with van der Waals surface area (Å²) in [4.78, 5) is 0.131. The van der Waals surface area contributed by atoms with Crippen molar-refractivity contribution in [2.24, 2.45) is 5.73 Å². The topological polar surface area (TPSA) is 63.4 Å². The van der Waals surface area contributed by atoms with E-state index in [4.69, 9.17) is 5.73 Å². The van der Waals surface area contributed by atoms with Gasteiger partial charge in [-0.15, -0.1) is 0 Å². The third kappa shape index (κ3) is 2.60. The molecule has 1 aliphatic rings. The van der Waals surface area contributed by atoms with Gasteiger partial charge in [-0.05, 0) is 44.4 Å². The van der Waals surface area contributed by atoms with Gasteiger partial charge >= 0.3 is 0 Å². The van der Waals surface area contributed by atoms with Crippen molar-refractivity contribution in [3.05, 3.63) is 29.6 Å². The Balaban J connectivity index is 2.44. The summed E-state index contributed by atoms with van der Waals surface area (Å²) in [6, 6.07) is 3.86. The van der Waals surface area contributed by atoms with Crippen LogP contribution >= 0.6 is 0 Å². The van der Waals surface area contributed by atoms with Crippen LogP contribution in [0.3, 0.4) is 0 Å². The molecule has 2 atom stereocenters. The quantitative estimate of drug-likeness (QED) is 0.927. The first-order valence-electron chi connectivity index (χ1n) is 6.93. The van der Waals surface area contributed by atoms with Crippen LogP contribution in [0.2, 0.25) is 0 Å². The molecule has 1 aromatic carbocycles. The molecule has 2 unspecified atom stereocenters. The number of nitrogens with zero attached hydrogens (tertiary/aromatic N) is 1. The fourth-order valence-corrected chi connectivity index (χ4v) is 4.86. The van der Waals surface area contributed by atoms with Crippen molar-refractivity contribution in [1.82, 2.24) is 4.31 Å². The van der Waals surface area contributed by atoms with Crippen molar-refractivity contribution in [2.45, 2.75) is 56.6 Å². The Kier molecular flexibility index (Phi) is 4.46. The van der Waals surface area contributed by atoms with Crippen LogP contribution < -0.4 is 5.73 Å². The van der Waals surface area contributed by atoms with Gasteiger partial charge in [0.1, 0.15) is 5.82 Å². The number of halogens is 1. The van der Waals surface area contributed by atoms with Gasteiger partial charge in [-0.25, -0.2) is 12.8 Å². The molecule has 1 aromatic rings. The lowest BCUT2D eigenvalue weighted by Gasteiger charge is -2.27. The predicted octanol–water partition coefficient (Wildman–Crippen LogP) is 2.24. The van der Waals surface area contributed by atoms with E-state index in [2.05, 4.69) is 0 Å². The number of hydrogen-bond donors (Lipinski definition) is 1. The summed E-state index contributed by atoms with van der Waals surface area (Å²) < 4.78 is 40.5. The Morgan fingerprint density at radius 3 is 2.70 bits per heavy atom. The average Bonchev–Trinajstić information content (AvgIpc) is 2.80. The van der Waals surface area contributed by atoms with E-state index in [1.165, 1.54) is 18.2 Å². The Hall–Kier alpha value is -0.980. The minimum absolute atomic E-state index is 0.0120. The Morgan fingerprint density at radius 1 is 1.40 bits per heavy atom. The monoisotopic (exact) mass is 300 g/mol. The molecule has 112 valence electrons. The predicted molar refractivity (Wildman–Crippen MR) is 76.1 cm³/mol. The molecule has 0 amide bonds. The first kappa shape index (κ1) is 15.4. The van der Waals surface area contributed by atoms with Crippen LogP contribution in [0.5, 0.6) is 0 Å². The molecule has 1 saturated heterocycles. The van der Waals surface area contributed by atoms with E-state index >= 15 is 0 Å². The van der Waals surface area contributed by atoms with E-state index in [0.29, 0.717) is 0 Å². The van der Waals surface area contributed by atoms with E-state index in [1.807, 2.05) is 13.8 Å². The van der Waals surface area contributed by atoms with Gasteiger partial charge in [-0.2, -0.15) is 4.31 Å². The summed E-state index contributed by atoms with van der Waals surface area (Å²) in [6.45, 7) is 3.89. The zero-order chi connectivity index (χ0) is 14.9.